The van der Waals surface area contributed by atoms with Crippen LogP contribution in [0.25, 0.3) is 0 Å². The number of aromatic nitrogens is 2. The van der Waals surface area contributed by atoms with Crippen molar-refractivity contribution in [3.8, 4) is 0 Å². The Balaban J connectivity index is 2.11. The molecule has 2 rings (SSSR count). The van der Waals surface area contributed by atoms with E-state index in [-0.39, 0.29) is 23.8 Å². The monoisotopic (exact) mass is 336 g/mol. The fourth-order valence-electron chi connectivity index (χ4n) is 2.90. The van der Waals surface area contributed by atoms with Crippen molar-refractivity contribution in [2.24, 2.45) is 13.0 Å². The molecule has 0 bridgehead atoms. The van der Waals surface area contributed by atoms with Gasteiger partial charge in [0.2, 0.25) is 11.8 Å². The first-order valence-corrected chi connectivity index (χ1v) is 8.08. The Morgan fingerprint density at radius 1 is 1.29 bits per heavy atom. The highest BCUT2D eigenvalue weighted by Gasteiger charge is 2.34. The van der Waals surface area contributed by atoms with Gasteiger partial charge in [0.25, 0.3) is 5.56 Å². The third-order valence-corrected chi connectivity index (χ3v) is 4.25. The standard InChI is InChI=1S/C16H24N4O4/c1-10(2)9-19-5-6-20(11(3)14(19)22)13(21)7-12-8-17-16(24)18(4)15(12)23/h8,10-11H,5-7,9H2,1-4H3,(H,17,24)/t11-/m0/s1. The number of hydrogen-bond acceptors (Lipinski definition) is 4. The number of H-pyrrole nitrogens is 1. The summed E-state index contributed by atoms with van der Waals surface area (Å²) in [6, 6.07) is -0.545. The van der Waals surface area contributed by atoms with E-state index in [0.717, 1.165) is 4.57 Å². The van der Waals surface area contributed by atoms with Gasteiger partial charge in [-0.15, -0.1) is 0 Å². The number of carbonyl (C=O) groups excluding carboxylic acids is 2. The van der Waals surface area contributed by atoms with E-state index in [4.69, 9.17) is 0 Å². The van der Waals surface area contributed by atoms with Crippen LogP contribution in [0.1, 0.15) is 26.3 Å². The summed E-state index contributed by atoms with van der Waals surface area (Å²) in [6.45, 7) is 7.41. The normalized spacial score (nSPS) is 18.4. The minimum Gasteiger partial charge on any atom is -0.339 e. The number of nitrogens with zero attached hydrogens (tertiary/aromatic N) is 3. The number of hydrogen-bond donors (Lipinski definition) is 1. The topological polar surface area (TPSA) is 95.5 Å². The van der Waals surface area contributed by atoms with Crippen LogP contribution in [0.5, 0.6) is 0 Å². The van der Waals surface area contributed by atoms with Gasteiger partial charge >= 0.3 is 5.69 Å². The van der Waals surface area contributed by atoms with Crippen molar-refractivity contribution in [2.75, 3.05) is 19.6 Å². The zero-order valence-electron chi connectivity index (χ0n) is 14.5. The lowest BCUT2D eigenvalue weighted by atomic mass is 10.1. The molecule has 1 saturated heterocycles. The Morgan fingerprint density at radius 2 is 1.96 bits per heavy atom. The van der Waals surface area contributed by atoms with Crippen LogP contribution in [-0.2, 0) is 23.1 Å². The van der Waals surface area contributed by atoms with Crippen molar-refractivity contribution in [1.29, 1.82) is 0 Å². The van der Waals surface area contributed by atoms with Crippen LogP contribution < -0.4 is 11.2 Å². The Hall–Kier alpha value is -2.38. The zero-order valence-corrected chi connectivity index (χ0v) is 14.5. The summed E-state index contributed by atoms with van der Waals surface area (Å²) in [6.07, 6.45) is 1.13. The molecule has 0 saturated carbocycles. The predicted molar refractivity (Wildman–Crippen MR) is 88.6 cm³/mol. The van der Waals surface area contributed by atoms with Crippen molar-refractivity contribution in [1.82, 2.24) is 19.4 Å². The molecule has 2 heterocycles. The van der Waals surface area contributed by atoms with Crippen molar-refractivity contribution < 1.29 is 9.59 Å². The second-order valence-electron chi connectivity index (χ2n) is 6.60. The van der Waals surface area contributed by atoms with E-state index in [0.29, 0.717) is 25.6 Å². The van der Waals surface area contributed by atoms with Gasteiger partial charge in [0, 0.05) is 38.4 Å². The summed E-state index contributed by atoms with van der Waals surface area (Å²) < 4.78 is 0.928. The molecule has 0 aliphatic carbocycles. The number of nitrogens with one attached hydrogen (secondary N) is 1. The predicted octanol–water partition coefficient (Wildman–Crippen LogP) is -0.669. The molecule has 0 spiro atoms. The van der Waals surface area contributed by atoms with Crippen molar-refractivity contribution >= 4 is 11.8 Å². The van der Waals surface area contributed by atoms with Crippen LogP contribution in [0.3, 0.4) is 0 Å². The average molecular weight is 336 g/mol. The minimum absolute atomic E-state index is 0.0716. The van der Waals surface area contributed by atoms with E-state index < -0.39 is 17.3 Å². The Kier molecular flexibility index (Phi) is 5.26. The smallest absolute Gasteiger partial charge is 0.328 e. The minimum atomic E-state index is -0.545. The highest BCUT2D eigenvalue weighted by atomic mass is 16.2. The molecule has 1 aliphatic rings. The number of aromatic amines is 1. The third kappa shape index (κ3) is 3.58. The van der Waals surface area contributed by atoms with E-state index >= 15 is 0 Å². The Labute approximate surface area is 140 Å². The lowest BCUT2D eigenvalue weighted by molar-refractivity contribution is -0.150. The van der Waals surface area contributed by atoms with Crippen LogP contribution in [0.2, 0.25) is 0 Å². The van der Waals surface area contributed by atoms with Gasteiger partial charge in [-0.1, -0.05) is 13.8 Å². The number of piperazine rings is 1. The third-order valence-electron chi connectivity index (χ3n) is 4.25. The molecule has 1 atom stereocenters. The van der Waals surface area contributed by atoms with Crippen molar-refractivity contribution in [2.45, 2.75) is 33.2 Å². The van der Waals surface area contributed by atoms with E-state index in [1.807, 2.05) is 13.8 Å². The quantitative estimate of drug-likeness (QED) is 0.789. The van der Waals surface area contributed by atoms with Crippen LogP contribution in [0, 0.1) is 5.92 Å². The fraction of sp³-hybridized carbons (Fsp3) is 0.625. The maximum absolute atomic E-state index is 12.5. The summed E-state index contributed by atoms with van der Waals surface area (Å²) in [5.41, 5.74) is -0.807. The van der Waals surface area contributed by atoms with Gasteiger partial charge < -0.3 is 14.8 Å². The lowest BCUT2D eigenvalue weighted by Crippen LogP contribution is -2.58. The van der Waals surface area contributed by atoms with Crippen LogP contribution in [0.4, 0.5) is 0 Å². The molecule has 1 aliphatic heterocycles. The molecule has 24 heavy (non-hydrogen) atoms. The second-order valence-corrected chi connectivity index (χ2v) is 6.60. The van der Waals surface area contributed by atoms with Crippen LogP contribution in [0.15, 0.2) is 15.8 Å². The van der Waals surface area contributed by atoms with Crippen molar-refractivity contribution in [3.63, 3.8) is 0 Å². The molecule has 0 unspecified atom stereocenters. The maximum Gasteiger partial charge on any atom is 0.328 e. The molecule has 132 valence electrons. The fourth-order valence-corrected chi connectivity index (χ4v) is 2.90. The van der Waals surface area contributed by atoms with Gasteiger partial charge in [-0.3, -0.25) is 19.0 Å². The van der Waals surface area contributed by atoms with Crippen LogP contribution >= 0.6 is 0 Å². The zero-order chi connectivity index (χ0) is 18.0. The van der Waals surface area contributed by atoms with Gasteiger partial charge in [0.05, 0.1) is 6.42 Å². The highest BCUT2D eigenvalue weighted by Crippen LogP contribution is 2.14. The molecule has 0 aromatic carbocycles. The van der Waals surface area contributed by atoms with Gasteiger partial charge in [0.15, 0.2) is 0 Å². The number of carbonyl (C=O) groups is 2. The molecule has 8 heteroatoms. The second kappa shape index (κ2) is 7.02. The van der Waals surface area contributed by atoms with E-state index in [1.165, 1.54) is 18.1 Å². The highest BCUT2D eigenvalue weighted by molar-refractivity contribution is 5.89. The van der Waals surface area contributed by atoms with Gasteiger partial charge in [-0.25, -0.2) is 4.79 Å². The average Bonchev–Trinajstić information content (AvgIpc) is 2.52. The molecular formula is C16H24N4O4. The first-order chi connectivity index (χ1) is 11.2. The largest absolute Gasteiger partial charge is 0.339 e. The first-order valence-electron chi connectivity index (χ1n) is 8.08. The van der Waals surface area contributed by atoms with E-state index in [1.54, 1.807) is 11.8 Å². The number of rotatable bonds is 4. The summed E-state index contributed by atoms with van der Waals surface area (Å²) in [5, 5.41) is 0. The van der Waals surface area contributed by atoms with E-state index in [2.05, 4.69) is 4.98 Å². The molecule has 0 radical (unpaired) electrons. The SMILES string of the molecule is CC(C)CN1CCN(C(=O)Cc2c[nH]c(=O)n(C)c2=O)[C@@H](C)C1=O. The molecular weight excluding hydrogens is 312 g/mol. The van der Waals surface area contributed by atoms with Crippen LogP contribution in [-0.4, -0.2) is 56.8 Å². The summed E-state index contributed by atoms with van der Waals surface area (Å²) in [4.78, 5) is 54.0. The lowest BCUT2D eigenvalue weighted by Gasteiger charge is -2.39. The van der Waals surface area contributed by atoms with Gasteiger partial charge in [-0.2, -0.15) is 0 Å². The summed E-state index contributed by atoms with van der Waals surface area (Å²) in [5.74, 6) is 0.00873. The first kappa shape index (κ1) is 18.0. The van der Waals surface area contributed by atoms with Crippen molar-refractivity contribution in [3.05, 3.63) is 32.6 Å². The maximum atomic E-state index is 12.5. The number of amides is 2. The van der Waals surface area contributed by atoms with E-state index in [9.17, 15) is 19.2 Å². The van der Waals surface area contributed by atoms with Gasteiger partial charge in [0.1, 0.15) is 6.04 Å². The summed E-state index contributed by atoms with van der Waals surface area (Å²) >= 11 is 0. The Morgan fingerprint density at radius 3 is 2.58 bits per heavy atom. The Bertz CT molecular complexity index is 749. The molecule has 1 aromatic heterocycles. The molecule has 1 aromatic rings. The molecule has 2 amide bonds. The molecule has 1 N–H and O–H groups in total. The molecule has 1 fully saturated rings. The molecule has 8 nitrogen and oxygen atoms in total. The summed E-state index contributed by atoms with van der Waals surface area (Å²) in [7, 11) is 1.35. The van der Waals surface area contributed by atoms with Gasteiger partial charge in [-0.05, 0) is 12.8 Å².